The molecule has 2 aromatic heterocycles. The minimum Gasteiger partial charge on any atom is -0.468 e. The largest absolute Gasteiger partial charge is 0.468 e. The van der Waals surface area contributed by atoms with E-state index in [-0.39, 0.29) is 0 Å². The van der Waals surface area contributed by atoms with Crippen molar-refractivity contribution in [3.05, 3.63) is 41.9 Å². The number of aromatic nitrogens is 2. The van der Waals surface area contributed by atoms with Crippen LogP contribution in [0.1, 0.15) is 31.0 Å². The van der Waals surface area contributed by atoms with Crippen LogP contribution in [0.25, 0.3) is 0 Å². The van der Waals surface area contributed by atoms with Gasteiger partial charge in [0.15, 0.2) is 0 Å². The smallest absolute Gasteiger partial charge is 0.121 e. The maximum Gasteiger partial charge on any atom is 0.121 e. The van der Waals surface area contributed by atoms with Gasteiger partial charge in [-0.2, -0.15) is 0 Å². The molecule has 0 atom stereocenters. The number of nitrogens with one attached hydrogen (secondary N) is 1. The van der Waals surface area contributed by atoms with E-state index >= 15 is 0 Å². The Morgan fingerprint density at radius 1 is 1.47 bits per heavy atom. The first kappa shape index (κ1) is 11.9. The standard InChI is InChI=1S/C13H19N3O/c1-10(2)15-9-12-11(4-7-17-12)8-13-14-5-6-16(13)3/h4-7,10,15H,8-9H2,1-3H3. The molecule has 92 valence electrons. The molecule has 0 aromatic carbocycles. The highest BCUT2D eigenvalue weighted by Crippen LogP contribution is 2.14. The lowest BCUT2D eigenvalue weighted by Crippen LogP contribution is -2.22. The number of imidazole rings is 1. The average Bonchev–Trinajstić information content (AvgIpc) is 2.87. The number of rotatable bonds is 5. The molecule has 0 aliphatic rings. The van der Waals surface area contributed by atoms with Gasteiger partial charge in [-0.1, -0.05) is 13.8 Å². The molecule has 0 spiro atoms. The lowest BCUT2D eigenvalue weighted by molar-refractivity contribution is 0.461. The Balaban J connectivity index is 2.06. The summed E-state index contributed by atoms with van der Waals surface area (Å²) in [7, 11) is 2.01. The Kier molecular flexibility index (Phi) is 3.64. The van der Waals surface area contributed by atoms with Gasteiger partial charge in [-0.05, 0) is 6.07 Å². The molecule has 0 aliphatic carbocycles. The van der Waals surface area contributed by atoms with E-state index in [0.29, 0.717) is 6.04 Å². The molecule has 0 bridgehead atoms. The van der Waals surface area contributed by atoms with Crippen molar-refractivity contribution in [1.29, 1.82) is 0 Å². The fourth-order valence-electron chi connectivity index (χ4n) is 1.71. The summed E-state index contributed by atoms with van der Waals surface area (Å²) in [6, 6.07) is 2.48. The second-order valence-corrected chi connectivity index (χ2v) is 4.54. The highest BCUT2D eigenvalue weighted by atomic mass is 16.3. The molecule has 1 N–H and O–H groups in total. The van der Waals surface area contributed by atoms with Crippen LogP contribution in [0.15, 0.2) is 29.1 Å². The summed E-state index contributed by atoms with van der Waals surface area (Å²) in [5.41, 5.74) is 1.20. The van der Waals surface area contributed by atoms with Gasteiger partial charge >= 0.3 is 0 Å². The van der Waals surface area contributed by atoms with Crippen molar-refractivity contribution >= 4 is 0 Å². The van der Waals surface area contributed by atoms with Crippen molar-refractivity contribution in [1.82, 2.24) is 14.9 Å². The van der Waals surface area contributed by atoms with Gasteiger partial charge in [-0.15, -0.1) is 0 Å². The molecule has 4 nitrogen and oxygen atoms in total. The quantitative estimate of drug-likeness (QED) is 0.860. The highest BCUT2D eigenvalue weighted by molar-refractivity contribution is 5.21. The van der Waals surface area contributed by atoms with E-state index in [1.807, 2.05) is 30.1 Å². The van der Waals surface area contributed by atoms with Crippen molar-refractivity contribution < 1.29 is 4.42 Å². The molecule has 0 aliphatic heterocycles. The van der Waals surface area contributed by atoms with Crippen LogP contribution < -0.4 is 5.32 Å². The van der Waals surface area contributed by atoms with E-state index in [2.05, 4.69) is 24.1 Å². The Morgan fingerprint density at radius 3 is 2.94 bits per heavy atom. The maximum absolute atomic E-state index is 5.50. The third-order valence-corrected chi connectivity index (χ3v) is 2.78. The Morgan fingerprint density at radius 2 is 2.29 bits per heavy atom. The second-order valence-electron chi connectivity index (χ2n) is 4.54. The molecule has 0 saturated heterocycles. The van der Waals surface area contributed by atoms with E-state index in [4.69, 9.17) is 4.42 Å². The van der Waals surface area contributed by atoms with E-state index in [0.717, 1.165) is 24.6 Å². The molecule has 0 fully saturated rings. The average molecular weight is 233 g/mol. The van der Waals surface area contributed by atoms with Crippen LogP contribution in [-0.2, 0) is 20.0 Å². The molecular weight excluding hydrogens is 214 g/mol. The molecule has 2 rings (SSSR count). The molecule has 0 amide bonds. The summed E-state index contributed by atoms with van der Waals surface area (Å²) in [4.78, 5) is 4.33. The predicted octanol–water partition coefficient (Wildman–Crippen LogP) is 2.10. The first-order valence-electron chi connectivity index (χ1n) is 5.91. The highest BCUT2D eigenvalue weighted by Gasteiger charge is 2.09. The first-order valence-corrected chi connectivity index (χ1v) is 5.91. The topological polar surface area (TPSA) is 43.0 Å². The lowest BCUT2D eigenvalue weighted by Gasteiger charge is -2.07. The van der Waals surface area contributed by atoms with E-state index in [9.17, 15) is 0 Å². The fourth-order valence-corrected chi connectivity index (χ4v) is 1.71. The predicted molar refractivity (Wildman–Crippen MR) is 66.7 cm³/mol. The zero-order chi connectivity index (χ0) is 12.3. The SMILES string of the molecule is CC(C)NCc1occc1Cc1nccn1C. The molecular formula is C13H19N3O. The summed E-state index contributed by atoms with van der Waals surface area (Å²) in [5.74, 6) is 2.05. The maximum atomic E-state index is 5.50. The molecule has 17 heavy (non-hydrogen) atoms. The van der Waals surface area contributed by atoms with Crippen molar-refractivity contribution in [2.75, 3.05) is 0 Å². The van der Waals surface area contributed by atoms with Crippen LogP contribution >= 0.6 is 0 Å². The molecule has 2 aromatic rings. The lowest BCUT2D eigenvalue weighted by atomic mass is 10.1. The van der Waals surface area contributed by atoms with Gasteiger partial charge in [0.2, 0.25) is 0 Å². The minimum atomic E-state index is 0.459. The number of aryl methyl sites for hydroxylation is 1. The zero-order valence-corrected chi connectivity index (χ0v) is 10.6. The number of hydrogen-bond acceptors (Lipinski definition) is 3. The summed E-state index contributed by atoms with van der Waals surface area (Å²) in [5, 5.41) is 3.36. The molecule has 4 heteroatoms. The summed E-state index contributed by atoms with van der Waals surface area (Å²) in [6.07, 6.45) is 6.34. The second kappa shape index (κ2) is 5.19. The van der Waals surface area contributed by atoms with Gasteiger partial charge in [0.1, 0.15) is 11.6 Å². The number of hydrogen-bond donors (Lipinski definition) is 1. The van der Waals surface area contributed by atoms with E-state index in [1.165, 1.54) is 5.56 Å². The Hall–Kier alpha value is -1.55. The first-order chi connectivity index (χ1) is 8.16. The summed E-state index contributed by atoms with van der Waals surface area (Å²) < 4.78 is 7.54. The third kappa shape index (κ3) is 2.97. The third-order valence-electron chi connectivity index (χ3n) is 2.78. The number of furan rings is 1. The van der Waals surface area contributed by atoms with Crippen LogP contribution in [0, 0.1) is 0 Å². The van der Waals surface area contributed by atoms with Crippen molar-refractivity contribution in [3.63, 3.8) is 0 Å². The van der Waals surface area contributed by atoms with Gasteiger partial charge in [0.05, 0.1) is 12.8 Å². The van der Waals surface area contributed by atoms with Gasteiger partial charge in [0, 0.05) is 37.5 Å². The van der Waals surface area contributed by atoms with Crippen molar-refractivity contribution in [3.8, 4) is 0 Å². The van der Waals surface area contributed by atoms with Crippen LogP contribution in [0.5, 0.6) is 0 Å². The summed E-state index contributed by atoms with van der Waals surface area (Å²) in [6.45, 7) is 5.02. The van der Waals surface area contributed by atoms with Gasteiger partial charge in [-0.3, -0.25) is 0 Å². The molecule has 0 unspecified atom stereocenters. The minimum absolute atomic E-state index is 0.459. The molecule has 0 radical (unpaired) electrons. The Bertz CT molecular complexity index is 470. The van der Waals surface area contributed by atoms with E-state index in [1.54, 1.807) is 6.26 Å². The van der Waals surface area contributed by atoms with Crippen LogP contribution in [0.4, 0.5) is 0 Å². The van der Waals surface area contributed by atoms with Gasteiger partial charge in [0.25, 0.3) is 0 Å². The Labute approximate surface area is 102 Å². The van der Waals surface area contributed by atoms with Gasteiger partial charge < -0.3 is 14.3 Å². The molecule has 0 saturated carbocycles. The van der Waals surface area contributed by atoms with Crippen LogP contribution in [-0.4, -0.2) is 15.6 Å². The monoisotopic (exact) mass is 233 g/mol. The van der Waals surface area contributed by atoms with Crippen molar-refractivity contribution in [2.24, 2.45) is 7.05 Å². The number of nitrogens with zero attached hydrogens (tertiary/aromatic N) is 2. The van der Waals surface area contributed by atoms with Crippen molar-refractivity contribution in [2.45, 2.75) is 32.9 Å². The zero-order valence-electron chi connectivity index (χ0n) is 10.6. The van der Waals surface area contributed by atoms with Crippen LogP contribution in [0.2, 0.25) is 0 Å². The molecule has 2 heterocycles. The van der Waals surface area contributed by atoms with E-state index < -0.39 is 0 Å². The summed E-state index contributed by atoms with van der Waals surface area (Å²) >= 11 is 0. The van der Waals surface area contributed by atoms with Crippen LogP contribution in [0.3, 0.4) is 0 Å². The van der Waals surface area contributed by atoms with Gasteiger partial charge in [-0.25, -0.2) is 4.98 Å². The normalized spacial score (nSPS) is 11.3. The fraction of sp³-hybridized carbons (Fsp3) is 0.462.